The van der Waals surface area contributed by atoms with Crippen LogP contribution in [0.15, 0.2) is 22.7 Å². The summed E-state index contributed by atoms with van der Waals surface area (Å²) in [5.41, 5.74) is -0.723. The number of likely N-dealkylation sites (tertiary alicyclic amines) is 1. The molecule has 24 heavy (non-hydrogen) atoms. The Balaban J connectivity index is 2.11. The van der Waals surface area contributed by atoms with Crippen LogP contribution in [0.4, 0.5) is 9.18 Å². The third-order valence-corrected chi connectivity index (χ3v) is 3.98. The van der Waals surface area contributed by atoms with Crippen LogP contribution < -0.4 is 4.74 Å². The fourth-order valence-corrected chi connectivity index (χ4v) is 2.83. The maximum Gasteiger partial charge on any atom is 0.411 e. The van der Waals surface area contributed by atoms with E-state index in [4.69, 9.17) is 9.47 Å². The lowest BCUT2D eigenvalue weighted by molar-refractivity contribution is -0.142. The molecule has 0 saturated carbocycles. The average Bonchev–Trinajstić information content (AvgIpc) is 2.84. The van der Waals surface area contributed by atoms with Crippen molar-refractivity contribution in [3.05, 3.63) is 28.5 Å². The smallest absolute Gasteiger partial charge is 0.411 e. The summed E-state index contributed by atoms with van der Waals surface area (Å²) in [4.78, 5) is 24.8. The van der Waals surface area contributed by atoms with Gasteiger partial charge in [0.25, 0.3) is 0 Å². The molecule has 6 nitrogen and oxygen atoms in total. The summed E-state index contributed by atoms with van der Waals surface area (Å²) >= 11 is 3.20. The SMILES string of the molecule is CC(C)(C)OC(=O)N1C[C@@H](Oc2ccc(F)cc2Br)C[C@H]1C(=O)O. The van der Waals surface area contributed by atoms with E-state index in [1.807, 2.05) is 0 Å². The van der Waals surface area contributed by atoms with E-state index in [1.165, 1.54) is 18.2 Å². The first kappa shape index (κ1) is 18.5. The summed E-state index contributed by atoms with van der Waals surface area (Å²) in [5, 5.41) is 9.34. The van der Waals surface area contributed by atoms with Crippen LogP contribution >= 0.6 is 15.9 Å². The largest absolute Gasteiger partial charge is 0.487 e. The molecule has 2 rings (SSSR count). The van der Waals surface area contributed by atoms with E-state index in [1.54, 1.807) is 20.8 Å². The van der Waals surface area contributed by atoms with E-state index >= 15 is 0 Å². The van der Waals surface area contributed by atoms with Gasteiger partial charge in [-0.3, -0.25) is 4.90 Å². The molecule has 0 bridgehead atoms. The molecule has 2 atom stereocenters. The van der Waals surface area contributed by atoms with E-state index in [0.29, 0.717) is 10.2 Å². The Kier molecular flexibility index (Phi) is 5.37. The van der Waals surface area contributed by atoms with Crippen LogP contribution in [0.3, 0.4) is 0 Å². The Bertz CT molecular complexity index is 646. The van der Waals surface area contributed by atoms with Crippen LogP contribution in [0, 0.1) is 5.82 Å². The van der Waals surface area contributed by atoms with Gasteiger partial charge in [0, 0.05) is 6.42 Å². The molecule has 1 aromatic rings. The van der Waals surface area contributed by atoms with Crippen LogP contribution in [0.2, 0.25) is 0 Å². The lowest BCUT2D eigenvalue weighted by atomic mass is 10.2. The van der Waals surface area contributed by atoms with Gasteiger partial charge >= 0.3 is 12.1 Å². The van der Waals surface area contributed by atoms with Crippen molar-refractivity contribution in [2.75, 3.05) is 6.54 Å². The van der Waals surface area contributed by atoms with E-state index in [2.05, 4.69) is 15.9 Å². The minimum atomic E-state index is -1.12. The van der Waals surface area contributed by atoms with Crippen molar-refractivity contribution in [1.29, 1.82) is 0 Å². The molecule has 1 fully saturated rings. The van der Waals surface area contributed by atoms with Crippen molar-refractivity contribution in [1.82, 2.24) is 4.90 Å². The minimum Gasteiger partial charge on any atom is -0.487 e. The summed E-state index contributed by atoms with van der Waals surface area (Å²) in [6, 6.07) is 2.93. The number of hydrogen-bond acceptors (Lipinski definition) is 4. The fourth-order valence-electron chi connectivity index (χ4n) is 2.39. The Morgan fingerprint density at radius 3 is 2.58 bits per heavy atom. The van der Waals surface area contributed by atoms with E-state index in [0.717, 1.165) is 4.90 Å². The maximum absolute atomic E-state index is 13.1. The summed E-state index contributed by atoms with van der Waals surface area (Å²) in [5.74, 6) is -1.15. The van der Waals surface area contributed by atoms with Crippen molar-refractivity contribution in [3.63, 3.8) is 0 Å². The lowest BCUT2D eigenvalue weighted by Gasteiger charge is -2.26. The fraction of sp³-hybridized carbons (Fsp3) is 0.500. The first-order chi connectivity index (χ1) is 11.1. The highest BCUT2D eigenvalue weighted by Gasteiger charge is 2.42. The molecule has 0 aromatic heterocycles. The molecule has 1 heterocycles. The molecule has 8 heteroatoms. The van der Waals surface area contributed by atoms with Gasteiger partial charge in [-0.1, -0.05) is 0 Å². The molecule has 132 valence electrons. The topological polar surface area (TPSA) is 76.1 Å². The molecule has 1 saturated heterocycles. The zero-order chi connectivity index (χ0) is 18.1. The number of hydrogen-bond donors (Lipinski definition) is 1. The number of halogens is 2. The van der Waals surface area contributed by atoms with Crippen molar-refractivity contribution in [2.45, 2.75) is 44.9 Å². The molecule has 0 spiro atoms. The van der Waals surface area contributed by atoms with Gasteiger partial charge in [-0.15, -0.1) is 0 Å². The second kappa shape index (κ2) is 6.96. The third kappa shape index (κ3) is 4.59. The van der Waals surface area contributed by atoms with Crippen molar-refractivity contribution in [3.8, 4) is 5.75 Å². The monoisotopic (exact) mass is 403 g/mol. The molecule has 0 radical (unpaired) electrons. The normalized spacial score (nSPS) is 20.8. The molecule has 1 aromatic carbocycles. The van der Waals surface area contributed by atoms with Gasteiger partial charge in [-0.05, 0) is 54.9 Å². The van der Waals surface area contributed by atoms with Crippen LogP contribution in [0.5, 0.6) is 5.75 Å². The number of ether oxygens (including phenoxy) is 2. The highest BCUT2D eigenvalue weighted by molar-refractivity contribution is 9.10. The standard InChI is InChI=1S/C16H19BrFNO5/c1-16(2,3)24-15(22)19-8-10(7-12(19)14(20)21)23-13-5-4-9(18)6-11(13)17/h4-6,10,12H,7-8H2,1-3H3,(H,20,21)/t10-,12-/m0/s1. The number of aliphatic carboxylic acids is 1. The third-order valence-electron chi connectivity index (χ3n) is 3.36. The van der Waals surface area contributed by atoms with Gasteiger partial charge in [0.2, 0.25) is 0 Å². The predicted molar refractivity (Wildman–Crippen MR) is 87.5 cm³/mol. The van der Waals surface area contributed by atoms with Gasteiger partial charge < -0.3 is 14.6 Å². The zero-order valence-electron chi connectivity index (χ0n) is 13.6. The van der Waals surface area contributed by atoms with E-state index in [-0.39, 0.29) is 13.0 Å². The Morgan fingerprint density at radius 2 is 2.04 bits per heavy atom. The number of carbonyl (C=O) groups excluding carboxylic acids is 1. The van der Waals surface area contributed by atoms with Crippen LogP contribution in [-0.4, -0.2) is 46.4 Å². The summed E-state index contributed by atoms with van der Waals surface area (Å²) < 4.78 is 24.5. The number of nitrogens with zero attached hydrogens (tertiary/aromatic N) is 1. The minimum absolute atomic E-state index is 0.0791. The highest BCUT2D eigenvalue weighted by Crippen LogP contribution is 2.30. The predicted octanol–water partition coefficient (Wildman–Crippen LogP) is 3.43. The van der Waals surface area contributed by atoms with Gasteiger partial charge in [0.05, 0.1) is 11.0 Å². The van der Waals surface area contributed by atoms with Gasteiger partial charge in [0.1, 0.15) is 29.3 Å². The molecule has 1 aliphatic heterocycles. The number of carboxylic acid groups (broad SMARTS) is 1. The number of rotatable bonds is 3. The summed E-state index contributed by atoms with van der Waals surface area (Å²) in [6.07, 6.45) is -1.10. The van der Waals surface area contributed by atoms with Gasteiger partial charge in [-0.25, -0.2) is 14.0 Å². The second-order valence-electron chi connectivity index (χ2n) is 6.54. The second-order valence-corrected chi connectivity index (χ2v) is 7.39. The lowest BCUT2D eigenvalue weighted by Crippen LogP contribution is -2.43. The van der Waals surface area contributed by atoms with Crippen LogP contribution in [0.25, 0.3) is 0 Å². The first-order valence-electron chi connectivity index (χ1n) is 7.41. The molecule has 1 amide bonds. The Labute approximate surface area is 147 Å². The molecular weight excluding hydrogens is 385 g/mol. The molecule has 1 aliphatic rings. The quantitative estimate of drug-likeness (QED) is 0.836. The average molecular weight is 404 g/mol. The summed E-state index contributed by atoms with van der Waals surface area (Å²) in [6.45, 7) is 5.21. The molecule has 1 N–H and O–H groups in total. The summed E-state index contributed by atoms with van der Waals surface area (Å²) in [7, 11) is 0. The van der Waals surface area contributed by atoms with E-state index in [9.17, 15) is 19.1 Å². The van der Waals surface area contributed by atoms with Crippen molar-refractivity contribution < 1.29 is 28.6 Å². The number of benzene rings is 1. The molecule has 0 unspecified atom stereocenters. The van der Waals surface area contributed by atoms with Gasteiger partial charge in [0.15, 0.2) is 0 Å². The van der Waals surface area contributed by atoms with Crippen molar-refractivity contribution >= 4 is 28.0 Å². The Hall–Kier alpha value is -1.83. The number of carbonyl (C=O) groups is 2. The molecular formula is C16H19BrFNO5. The number of carboxylic acids is 1. The van der Waals surface area contributed by atoms with Crippen LogP contribution in [0.1, 0.15) is 27.2 Å². The number of amides is 1. The van der Waals surface area contributed by atoms with Crippen LogP contribution in [-0.2, 0) is 9.53 Å². The molecule has 0 aliphatic carbocycles. The van der Waals surface area contributed by atoms with Crippen molar-refractivity contribution in [2.24, 2.45) is 0 Å². The highest BCUT2D eigenvalue weighted by atomic mass is 79.9. The zero-order valence-corrected chi connectivity index (χ0v) is 15.2. The first-order valence-corrected chi connectivity index (χ1v) is 8.20. The van der Waals surface area contributed by atoms with Gasteiger partial charge in [-0.2, -0.15) is 0 Å². The van der Waals surface area contributed by atoms with E-state index < -0.39 is 35.6 Å². The Morgan fingerprint density at radius 1 is 1.38 bits per heavy atom. The maximum atomic E-state index is 13.1.